The molecule has 0 fully saturated rings. The molecule has 1 aliphatic heterocycles. The van der Waals surface area contributed by atoms with Crippen molar-refractivity contribution in [2.75, 3.05) is 10.2 Å². The van der Waals surface area contributed by atoms with Gasteiger partial charge in [0.1, 0.15) is 6.17 Å². The van der Waals surface area contributed by atoms with Gasteiger partial charge in [0.2, 0.25) is 0 Å². The van der Waals surface area contributed by atoms with Crippen LogP contribution in [0.15, 0.2) is 176 Å². The van der Waals surface area contributed by atoms with Crippen LogP contribution >= 0.6 is 0 Å². The van der Waals surface area contributed by atoms with Gasteiger partial charge in [-0.3, -0.25) is 0 Å². The molecule has 1 unspecified atom stereocenters. The molecule has 226 valence electrons. The molecule has 1 aliphatic rings. The number of nitrogens with one attached hydrogen (secondary N) is 1. The Bertz CT molecular complexity index is 2600. The minimum atomic E-state index is -0.00711. The van der Waals surface area contributed by atoms with Gasteiger partial charge in [0.15, 0.2) is 0 Å². The lowest BCUT2D eigenvalue weighted by Gasteiger charge is -2.28. The van der Waals surface area contributed by atoms with Gasteiger partial charge >= 0.3 is 0 Å². The first-order valence-electron chi connectivity index (χ1n) is 16.6. The minimum absolute atomic E-state index is 0.00711. The average molecular weight is 614 g/mol. The van der Waals surface area contributed by atoms with Crippen LogP contribution in [-0.2, 0) is 0 Å². The number of fused-ring (bicyclic) bond motifs is 8. The van der Waals surface area contributed by atoms with E-state index >= 15 is 0 Å². The van der Waals surface area contributed by atoms with Crippen molar-refractivity contribution < 1.29 is 0 Å². The fourth-order valence-electron chi connectivity index (χ4n) is 7.78. The molecule has 2 heterocycles. The van der Waals surface area contributed by atoms with E-state index in [1.807, 2.05) is 0 Å². The second-order valence-corrected chi connectivity index (χ2v) is 12.6. The summed E-state index contributed by atoms with van der Waals surface area (Å²) in [5.41, 5.74) is 10.8. The molecule has 0 spiro atoms. The molecule has 3 heteroatoms. The van der Waals surface area contributed by atoms with E-state index in [2.05, 4.69) is 191 Å². The summed E-state index contributed by atoms with van der Waals surface area (Å²) < 4.78 is 2.39. The first-order chi connectivity index (χ1) is 23.8. The summed E-state index contributed by atoms with van der Waals surface area (Å²) in [6, 6.07) is 63.8. The van der Waals surface area contributed by atoms with E-state index in [9.17, 15) is 0 Å². The van der Waals surface area contributed by atoms with Crippen molar-refractivity contribution in [3.63, 3.8) is 0 Å². The van der Waals surface area contributed by atoms with Crippen molar-refractivity contribution in [3.05, 3.63) is 181 Å². The molecule has 0 bridgehead atoms. The lowest BCUT2D eigenvalue weighted by molar-refractivity contribution is 0.830. The molecule has 9 aromatic rings. The topological polar surface area (TPSA) is 20.2 Å². The van der Waals surface area contributed by atoms with Crippen molar-refractivity contribution in [1.29, 1.82) is 0 Å². The van der Waals surface area contributed by atoms with E-state index in [-0.39, 0.29) is 6.17 Å². The first kappa shape index (κ1) is 26.9. The van der Waals surface area contributed by atoms with Gasteiger partial charge in [-0.1, -0.05) is 127 Å². The smallest absolute Gasteiger partial charge is 0.130 e. The van der Waals surface area contributed by atoms with Gasteiger partial charge in [-0.05, 0) is 81.4 Å². The molecule has 8 aromatic carbocycles. The van der Waals surface area contributed by atoms with Crippen molar-refractivity contribution >= 4 is 60.4 Å². The summed E-state index contributed by atoms with van der Waals surface area (Å²) in [6.07, 6.45) is -0.00711. The van der Waals surface area contributed by atoms with Crippen molar-refractivity contribution in [1.82, 2.24) is 4.57 Å². The Kier molecular flexibility index (Phi) is 5.94. The van der Waals surface area contributed by atoms with Crippen LogP contribution in [0.1, 0.15) is 11.7 Å². The molecular weight excluding hydrogens is 583 g/mol. The highest BCUT2D eigenvalue weighted by molar-refractivity contribution is 6.18. The van der Waals surface area contributed by atoms with Gasteiger partial charge in [0.05, 0.1) is 22.4 Å². The average Bonchev–Trinajstić information content (AvgIpc) is 3.72. The quantitative estimate of drug-likeness (QED) is 0.199. The number of nitrogens with zero attached hydrogens (tertiary/aromatic N) is 2. The fraction of sp³-hybridized carbons (Fsp3) is 0.0222. The van der Waals surface area contributed by atoms with Gasteiger partial charge in [-0.15, -0.1) is 0 Å². The van der Waals surface area contributed by atoms with E-state index in [1.165, 1.54) is 71.4 Å². The molecular formula is C45H31N3. The molecule has 1 aromatic heterocycles. The summed E-state index contributed by atoms with van der Waals surface area (Å²) in [7, 11) is 0. The third-order valence-electron chi connectivity index (χ3n) is 9.93. The molecule has 1 N–H and O–H groups in total. The zero-order chi connectivity index (χ0) is 31.6. The van der Waals surface area contributed by atoms with Gasteiger partial charge in [-0.2, -0.15) is 0 Å². The summed E-state index contributed by atoms with van der Waals surface area (Å²) in [6.45, 7) is 0. The predicted octanol–water partition coefficient (Wildman–Crippen LogP) is 12.0. The molecule has 0 amide bonds. The predicted molar refractivity (Wildman–Crippen MR) is 203 cm³/mol. The van der Waals surface area contributed by atoms with Crippen LogP contribution in [0.5, 0.6) is 0 Å². The molecule has 1 atom stereocenters. The van der Waals surface area contributed by atoms with Gasteiger partial charge in [0.25, 0.3) is 0 Å². The van der Waals surface area contributed by atoms with Crippen LogP contribution in [0.3, 0.4) is 0 Å². The molecule has 0 saturated carbocycles. The number of rotatable bonds is 4. The standard InChI is InChI=1S/C45H31N3/c1-3-12-31(13-4-1)45-46-40-27-25-30-22-23-34-28-33(24-26-37(34)43(30)44(40)48(45)35-15-5-2-6-16-35)32-14-11-17-36(29-32)47-41-20-9-7-18-38(41)39-19-8-10-21-42(39)47/h1-29,45-46H. The maximum atomic E-state index is 3.86. The molecule has 0 radical (unpaired) electrons. The van der Waals surface area contributed by atoms with E-state index in [0.717, 1.165) is 11.4 Å². The summed E-state index contributed by atoms with van der Waals surface area (Å²) >= 11 is 0. The lowest BCUT2D eigenvalue weighted by Crippen LogP contribution is -2.23. The molecule has 0 saturated heterocycles. The summed E-state index contributed by atoms with van der Waals surface area (Å²) in [5, 5.41) is 11.4. The third kappa shape index (κ3) is 4.08. The maximum Gasteiger partial charge on any atom is 0.130 e. The minimum Gasteiger partial charge on any atom is -0.359 e. The highest BCUT2D eigenvalue weighted by atomic mass is 15.3. The van der Waals surface area contributed by atoms with Gasteiger partial charge in [-0.25, -0.2) is 0 Å². The Hall–Kier alpha value is -6.32. The Balaban J connectivity index is 1.13. The normalized spacial score (nSPS) is 14.2. The molecule has 3 nitrogen and oxygen atoms in total. The zero-order valence-corrected chi connectivity index (χ0v) is 26.2. The number of para-hydroxylation sites is 3. The number of hydrogen-bond donors (Lipinski definition) is 1. The number of aromatic nitrogens is 1. The molecule has 0 aliphatic carbocycles. The Morgan fingerprint density at radius 2 is 1.06 bits per heavy atom. The van der Waals surface area contributed by atoms with E-state index in [4.69, 9.17) is 0 Å². The van der Waals surface area contributed by atoms with Crippen LogP contribution in [0, 0.1) is 0 Å². The first-order valence-corrected chi connectivity index (χ1v) is 16.6. The van der Waals surface area contributed by atoms with Crippen LogP contribution in [0.2, 0.25) is 0 Å². The maximum absolute atomic E-state index is 3.86. The second kappa shape index (κ2) is 10.6. The van der Waals surface area contributed by atoms with Crippen LogP contribution in [0.25, 0.3) is 60.2 Å². The Morgan fingerprint density at radius 1 is 0.438 bits per heavy atom. The van der Waals surface area contributed by atoms with E-state index in [0.29, 0.717) is 0 Å². The second-order valence-electron chi connectivity index (χ2n) is 12.6. The van der Waals surface area contributed by atoms with E-state index < -0.39 is 0 Å². The monoisotopic (exact) mass is 613 g/mol. The zero-order valence-electron chi connectivity index (χ0n) is 26.2. The van der Waals surface area contributed by atoms with Crippen LogP contribution < -0.4 is 10.2 Å². The number of anilines is 3. The highest BCUT2D eigenvalue weighted by Gasteiger charge is 2.33. The SMILES string of the molecule is c1ccc(C2Nc3ccc4ccc5cc(-c6cccc(-n7c8ccccc8c8ccccc87)c6)ccc5c4c3N2c2ccccc2)cc1. The molecule has 48 heavy (non-hydrogen) atoms. The summed E-state index contributed by atoms with van der Waals surface area (Å²) in [5.74, 6) is 0. The highest BCUT2D eigenvalue weighted by Crippen LogP contribution is 2.51. The number of hydrogen-bond acceptors (Lipinski definition) is 2. The Morgan fingerprint density at radius 3 is 1.83 bits per heavy atom. The van der Waals surface area contributed by atoms with E-state index in [1.54, 1.807) is 0 Å². The van der Waals surface area contributed by atoms with Crippen LogP contribution in [0.4, 0.5) is 17.1 Å². The molecule has 10 rings (SSSR count). The van der Waals surface area contributed by atoms with Gasteiger partial charge in [0, 0.05) is 27.5 Å². The van der Waals surface area contributed by atoms with Crippen molar-refractivity contribution in [2.45, 2.75) is 6.17 Å². The van der Waals surface area contributed by atoms with Crippen LogP contribution in [-0.4, -0.2) is 4.57 Å². The largest absolute Gasteiger partial charge is 0.359 e. The van der Waals surface area contributed by atoms with Gasteiger partial charge < -0.3 is 14.8 Å². The third-order valence-corrected chi connectivity index (χ3v) is 9.93. The fourth-order valence-corrected chi connectivity index (χ4v) is 7.78. The van der Waals surface area contributed by atoms with Crippen molar-refractivity contribution in [2.24, 2.45) is 0 Å². The summed E-state index contributed by atoms with van der Waals surface area (Å²) in [4.78, 5) is 2.47. The Labute approximate surface area is 278 Å². The van der Waals surface area contributed by atoms with Crippen molar-refractivity contribution in [3.8, 4) is 16.8 Å². The lowest BCUT2D eigenvalue weighted by atomic mass is 9.95. The number of benzene rings is 8.